The number of hydrogen-bond acceptors (Lipinski definition) is 6. The van der Waals surface area contributed by atoms with Crippen LogP contribution in [0.3, 0.4) is 0 Å². The van der Waals surface area contributed by atoms with Crippen LogP contribution >= 0.6 is 0 Å². The quantitative estimate of drug-likeness (QED) is 0.254. The minimum absolute atomic E-state index is 0.0240. The number of nitrogens with one attached hydrogen (secondary N) is 1. The van der Waals surface area contributed by atoms with Crippen LogP contribution in [0.5, 0.6) is 5.75 Å². The van der Waals surface area contributed by atoms with Gasteiger partial charge in [-0.05, 0) is 30.3 Å². The molecule has 9 nitrogen and oxygen atoms in total. The highest BCUT2D eigenvalue weighted by molar-refractivity contribution is 6.03. The number of alkyl halides is 3. The number of anilines is 1. The molecule has 174 valence electrons. The summed E-state index contributed by atoms with van der Waals surface area (Å²) in [7, 11) is 1.27. The lowest BCUT2D eigenvalue weighted by Crippen LogP contribution is -2.16. The summed E-state index contributed by atoms with van der Waals surface area (Å²) in [6, 6.07) is 9.97. The molecule has 4 rings (SSSR count). The molecule has 0 unspecified atom stereocenters. The lowest BCUT2D eigenvalue weighted by Gasteiger charge is -2.11. The Morgan fingerprint density at radius 1 is 1.12 bits per heavy atom. The summed E-state index contributed by atoms with van der Waals surface area (Å²) in [6.45, 7) is 0. The first-order chi connectivity index (χ1) is 16.0. The van der Waals surface area contributed by atoms with Gasteiger partial charge in [-0.15, -0.1) is 0 Å². The molecule has 2 aromatic heterocycles. The minimum atomic E-state index is -4.84. The van der Waals surface area contributed by atoms with Crippen LogP contribution in [0.25, 0.3) is 16.9 Å². The third-order valence-corrected chi connectivity index (χ3v) is 4.69. The molecule has 0 fully saturated rings. The number of rotatable bonds is 5. The number of non-ortho nitro benzene ring substituents is 1. The summed E-state index contributed by atoms with van der Waals surface area (Å²) in [6.07, 6.45) is -4.84. The van der Waals surface area contributed by atoms with Gasteiger partial charge in [0, 0.05) is 23.8 Å². The number of aromatic nitrogens is 3. The van der Waals surface area contributed by atoms with Crippen molar-refractivity contribution in [3.8, 4) is 17.0 Å². The summed E-state index contributed by atoms with van der Waals surface area (Å²) < 4.78 is 59.8. The van der Waals surface area contributed by atoms with Crippen LogP contribution in [0.15, 0.2) is 54.6 Å². The molecule has 0 aliphatic heterocycles. The number of nitro benzene ring substituents is 1. The zero-order chi connectivity index (χ0) is 24.6. The van der Waals surface area contributed by atoms with Gasteiger partial charge in [0.1, 0.15) is 11.6 Å². The Kier molecular flexibility index (Phi) is 5.61. The molecule has 13 heteroatoms. The summed E-state index contributed by atoms with van der Waals surface area (Å²) >= 11 is 0. The predicted molar refractivity (Wildman–Crippen MR) is 111 cm³/mol. The largest absolute Gasteiger partial charge is 0.496 e. The molecule has 1 N–H and O–H groups in total. The van der Waals surface area contributed by atoms with Crippen molar-refractivity contribution in [3.05, 3.63) is 81.9 Å². The number of carbonyl (C=O) groups is 1. The van der Waals surface area contributed by atoms with E-state index in [0.29, 0.717) is 4.52 Å². The van der Waals surface area contributed by atoms with Crippen LogP contribution < -0.4 is 10.1 Å². The van der Waals surface area contributed by atoms with Crippen molar-refractivity contribution in [2.75, 3.05) is 12.4 Å². The summed E-state index contributed by atoms with van der Waals surface area (Å²) in [5.41, 5.74) is -2.16. The van der Waals surface area contributed by atoms with Gasteiger partial charge in [-0.2, -0.15) is 18.3 Å². The molecular formula is C21H13F4N5O4. The van der Waals surface area contributed by atoms with Crippen molar-refractivity contribution < 1.29 is 32.0 Å². The van der Waals surface area contributed by atoms with Crippen molar-refractivity contribution in [1.82, 2.24) is 14.6 Å². The lowest BCUT2D eigenvalue weighted by molar-refractivity contribution is -0.384. The van der Waals surface area contributed by atoms with Gasteiger partial charge in [-0.1, -0.05) is 0 Å². The van der Waals surface area contributed by atoms with Crippen molar-refractivity contribution in [1.29, 1.82) is 0 Å². The standard InChI is InChI=1S/C21H13F4N5O4/c1-34-15-7-13(6-14(8-15)30(32)33)26-20(31)17-10-19-27-16(11-2-4-12(22)5-3-11)9-18(21(23,24)25)29(19)28-17/h2-10H,1H3,(H,26,31). The molecule has 0 radical (unpaired) electrons. The monoisotopic (exact) mass is 475 g/mol. The molecule has 1 amide bonds. The third-order valence-electron chi connectivity index (χ3n) is 4.69. The molecule has 0 aliphatic carbocycles. The number of fused-ring (bicyclic) bond motifs is 1. The van der Waals surface area contributed by atoms with E-state index in [9.17, 15) is 32.5 Å². The van der Waals surface area contributed by atoms with E-state index in [1.807, 2.05) is 0 Å². The zero-order valence-electron chi connectivity index (χ0n) is 17.1. The van der Waals surface area contributed by atoms with Crippen molar-refractivity contribution in [2.45, 2.75) is 6.18 Å². The number of benzene rings is 2. The first kappa shape index (κ1) is 22.6. The smallest absolute Gasteiger partial charge is 0.433 e. The predicted octanol–water partition coefficient (Wildman–Crippen LogP) is 4.72. The molecule has 34 heavy (non-hydrogen) atoms. The number of nitro groups is 1. The fourth-order valence-corrected chi connectivity index (χ4v) is 3.13. The Morgan fingerprint density at radius 2 is 1.82 bits per heavy atom. The van der Waals surface area contributed by atoms with Crippen molar-refractivity contribution in [3.63, 3.8) is 0 Å². The second-order valence-electron chi connectivity index (χ2n) is 6.96. The maximum Gasteiger partial charge on any atom is 0.433 e. The maximum absolute atomic E-state index is 13.7. The van der Waals surface area contributed by atoms with E-state index in [1.54, 1.807) is 0 Å². The summed E-state index contributed by atoms with van der Waals surface area (Å²) in [4.78, 5) is 27.2. The van der Waals surface area contributed by atoms with Crippen LogP contribution in [0.2, 0.25) is 0 Å². The molecule has 0 atom stereocenters. The van der Waals surface area contributed by atoms with Gasteiger partial charge in [-0.25, -0.2) is 13.9 Å². The molecule has 0 spiro atoms. The fraction of sp³-hybridized carbons (Fsp3) is 0.0952. The fourth-order valence-electron chi connectivity index (χ4n) is 3.13. The Balaban J connectivity index is 1.76. The highest BCUT2D eigenvalue weighted by Crippen LogP contribution is 2.32. The molecule has 0 aliphatic rings. The number of carbonyl (C=O) groups excluding carboxylic acids is 1. The van der Waals surface area contributed by atoms with E-state index in [1.165, 1.54) is 25.3 Å². The van der Waals surface area contributed by atoms with Gasteiger partial charge in [0.25, 0.3) is 11.6 Å². The highest BCUT2D eigenvalue weighted by atomic mass is 19.4. The molecule has 4 aromatic rings. The second-order valence-corrected chi connectivity index (χ2v) is 6.96. The summed E-state index contributed by atoms with van der Waals surface area (Å²) in [5, 5.41) is 17.2. The molecule has 0 saturated carbocycles. The number of hydrogen-bond donors (Lipinski definition) is 1. The topological polar surface area (TPSA) is 112 Å². The minimum Gasteiger partial charge on any atom is -0.496 e. The van der Waals surface area contributed by atoms with E-state index >= 15 is 0 Å². The van der Waals surface area contributed by atoms with E-state index in [0.717, 1.165) is 36.4 Å². The first-order valence-electron chi connectivity index (χ1n) is 9.44. The third kappa shape index (κ3) is 4.48. The van der Waals surface area contributed by atoms with E-state index in [-0.39, 0.29) is 34.0 Å². The van der Waals surface area contributed by atoms with Gasteiger partial charge < -0.3 is 10.1 Å². The number of nitrogens with zero attached hydrogens (tertiary/aromatic N) is 4. The van der Waals surface area contributed by atoms with Crippen LogP contribution in [0.4, 0.5) is 28.9 Å². The number of halogens is 4. The Hall–Kier alpha value is -4.55. The Morgan fingerprint density at radius 3 is 2.44 bits per heavy atom. The highest BCUT2D eigenvalue weighted by Gasteiger charge is 2.35. The van der Waals surface area contributed by atoms with E-state index < -0.39 is 34.2 Å². The summed E-state index contributed by atoms with van der Waals surface area (Å²) in [5.74, 6) is -1.41. The Bertz CT molecular complexity index is 1420. The average molecular weight is 475 g/mol. The number of amides is 1. The van der Waals surface area contributed by atoms with E-state index in [2.05, 4.69) is 15.4 Å². The Labute approximate surface area is 187 Å². The van der Waals surface area contributed by atoms with Gasteiger partial charge >= 0.3 is 6.18 Å². The number of ether oxygens (including phenoxy) is 1. The van der Waals surface area contributed by atoms with Crippen molar-refractivity contribution in [2.24, 2.45) is 0 Å². The van der Waals surface area contributed by atoms with Gasteiger partial charge in [0.2, 0.25) is 0 Å². The van der Waals surface area contributed by atoms with Crippen LogP contribution in [0.1, 0.15) is 16.2 Å². The van der Waals surface area contributed by atoms with Crippen LogP contribution in [-0.4, -0.2) is 32.5 Å². The zero-order valence-corrected chi connectivity index (χ0v) is 17.1. The van der Waals surface area contributed by atoms with E-state index in [4.69, 9.17) is 4.74 Å². The van der Waals surface area contributed by atoms with Crippen molar-refractivity contribution >= 4 is 22.9 Å². The molecule has 0 bridgehead atoms. The van der Waals surface area contributed by atoms with Gasteiger partial charge in [-0.3, -0.25) is 14.9 Å². The average Bonchev–Trinajstić information content (AvgIpc) is 3.22. The van der Waals surface area contributed by atoms with Crippen LogP contribution in [0, 0.1) is 15.9 Å². The van der Waals surface area contributed by atoms with Gasteiger partial charge in [0.05, 0.1) is 29.5 Å². The SMILES string of the molecule is COc1cc(NC(=O)c2cc3nc(-c4ccc(F)cc4)cc(C(F)(F)F)n3n2)cc([N+](=O)[O-])c1. The lowest BCUT2D eigenvalue weighted by atomic mass is 10.1. The first-order valence-corrected chi connectivity index (χ1v) is 9.44. The van der Waals surface area contributed by atoms with Crippen LogP contribution in [-0.2, 0) is 6.18 Å². The van der Waals surface area contributed by atoms with Gasteiger partial charge in [0.15, 0.2) is 17.0 Å². The maximum atomic E-state index is 13.7. The molecular weight excluding hydrogens is 462 g/mol. The second kappa shape index (κ2) is 8.42. The molecule has 2 aromatic carbocycles. The molecule has 0 saturated heterocycles. The molecule has 2 heterocycles. The normalized spacial score (nSPS) is 11.4. The number of methoxy groups -OCH3 is 1.